The van der Waals surface area contributed by atoms with E-state index in [0.29, 0.717) is 36.3 Å². The fourth-order valence-corrected chi connectivity index (χ4v) is 4.06. The van der Waals surface area contributed by atoms with Crippen molar-refractivity contribution < 1.29 is 27.1 Å². The van der Waals surface area contributed by atoms with Crippen LogP contribution >= 0.6 is 0 Å². The highest BCUT2D eigenvalue weighted by atomic mass is 19.4. The highest BCUT2D eigenvalue weighted by molar-refractivity contribution is 5.77. The molecule has 0 saturated carbocycles. The van der Waals surface area contributed by atoms with Crippen LogP contribution in [0.5, 0.6) is 0 Å². The van der Waals surface area contributed by atoms with Crippen LogP contribution in [0.1, 0.15) is 23.1 Å². The molecule has 2 atom stereocenters. The number of nitriles is 1. The van der Waals surface area contributed by atoms with Gasteiger partial charge in [0.1, 0.15) is 12.2 Å². The Hall–Kier alpha value is -3.29. The van der Waals surface area contributed by atoms with E-state index < -0.39 is 29.9 Å². The molecule has 1 aromatic carbocycles. The van der Waals surface area contributed by atoms with E-state index in [0.717, 1.165) is 17.7 Å². The van der Waals surface area contributed by atoms with Crippen molar-refractivity contribution >= 4 is 11.3 Å². The van der Waals surface area contributed by atoms with Gasteiger partial charge in [-0.15, -0.1) is 0 Å². The summed E-state index contributed by atoms with van der Waals surface area (Å²) in [5.74, 6) is -4.96. The lowest BCUT2D eigenvalue weighted by Gasteiger charge is -2.40. The summed E-state index contributed by atoms with van der Waals surface area (Å²) in [5, 5.41) is 19.3. The molecule has 2 aliphatic rings. The van der Waals surface area contributed by atoms with E-state index in [-0.39, 0.29) is 0 Å². The number of rotatable bonds is 4. The summed E-state index contributed by atoms with van der Waals surface area (Å²) in [5.41, 5.74) is 1.02. The third kappa shape index (κ3) is 4.34. The smallest absolute Gasteiger partial charge is 0.392 e. The second kappa shape index (κ2) is 8.57. The number of aromatic nitrogens is 1. The molecule has 2 aliphatic heterocycles. The number of aliphatic hydroxyl groups is 1. The summed E-state index contributed by atoms with van der Waals surface area (Å²) in [4.78, 5) is 7.82. The van der Waals surface area contributed by atoms with Crippen molar-refractivity contribution in [2.75, 3.05) is 18.0 Å². The van der Waals surface area contributed by atoms with Crippen LogP contribution in [0.15, 0.2) is 61.1 Å². The van der Waals surface area contributed by atoms with E-state index in [1.807, 2.05) is 17.0 Å². The van der Waals surface area contributed by atoms with Gasteiger partial charge >= 0.3 is 12.1 Å². The number of alkyl halides is 5. The summed E-state index contributed by atoms with van der Waals surface area (Å²) in [6, 6.07) is 7.67. The van der Waals surface area contributed by atoms with Crippen LogP contribution in [0.2, 0.25) is 0 Å². The SMILES string of the molecule is N#Cc1cncc(C2=CC=CN(c3ccc(C(F)(F)C(F)(F)F)cc3)[C@H]2N2CCC(O)C2)c1. The van der Waals surface area contributed by atoms with Gasteiger partial charge in [-0.1, -0.05) is 18.2 Å². The molecular weight excluding hydrogens is 443 g/mol. The molecule has 5 nitrogen and oxygen atoms in total. The standard InChI is InChI=1S/C23H19F5N4O/c24-22(25,23(26,27)28)17-3-5-18(6-4-17)32-8-1-2-20(16-10-15(11-29)12-30-13-16)21(32)31-9-7-19(33)14-31/h1-6,8,10,12-13,19,21,33H,7,9,14H2/t19?,21-/m1/s1. The fraction of sp³-hybridized carbons (Fsp3) is 0.304. The van der Waals surface area contributed by atoms with Crippen LogP contribution in [0.4, 0.5) is 27.6 Å². The molecule has 1 unspecified atom stereocenters. The third-order valence-corrected chi connectivity index (χ3v) is 5.69. The largest absolute Gasteiger partial charge is 0.458 e. The maximum absolute atomic E-state index is 13.7. The van der Waals surface area contributed by atoms with Crippen LogP contribution in [0.3, 0.4) is 0 Å². The number of likely N-dealkylation sites (tertiary alicyclic amines) is 1. The molecular formula is C23H19F5N4O. The van der Waals surface area contributed by atoms with Crippen molar-refractivity contribution in [2.24, 2.45) is 0 Å². The minimum Gasteiger partial charge on any atom is -0.392 e. The Labute approximate surface area is 186 Å². The Morgan fingerprint density at radius 2 is 1.82 bits per heavy atom. The second-order valence-corrected chi connectivity index (χ2v) is 7.88. The van der Waals surface area contributed by atoms with Gasteiger partial charge in [-0.3, -0.25) is 9.88 Å². The Balaban J connectivity index is 1.72. The molecule has 0 aliphatic carbocycles. The van der Waals surface area contributed by atoms with Gasteiger partial charge in [0.15, 0.2) is 0 Å². The number of benzene rings is 1. The van der Waals surface area contributed by atoms with E-state index >= 15 is 0 Å². The molecule has 1 aromatic heterocycles. The van der Waals surface area contributed by atoms with Crippen molar-refractivity contribution in [3.05, 3.63) is 77.8 Å². The van der Waals surface area contributed by atoms with Gasteiger partial charge in [0, 0.05) is 48.5 Å². The van der Waals surface area contributed by atoms with Crippen LogP contribution in [-0.2, 0) is 5.92 Å². The van der Waals surface area contributed by atoms with Crippen molar-refractivity contribution in [2.45, 2.75) is 30.8 Å². The number of hydrogen-bond donors (Lipinski definition) is 1. The number of nitrogens with zero attached hydrogens (tertiary/aromatic N) is 4. The lowest BCUT2D eigenvalue weighted by atomic mass is 9.98. The molecule has 0 bridgehead atoms. The molecule has 0 spiro atoms. The number of β-amino-alcohol motifs (C(OH)–C–C–N with tert-alkyl or cyclic N) is 1. The predicted molar refractivity (Wildman–Crippen MR) is 111 cm³/mol. The Kier molecular flexibility index (Phi) is 5.95. The van der Waals surface area contributed by atoms with Crippen molar-refractivity contribution in [1.82, 2.24) is 9.88 Å². The van der Waals surface area contributed by atoms with Crippen molar-refractivity contribution in [1.29, 1.82) is 5.26 Å². The van der Waals surface area contributed by atoms with E-state index in [1.54, 1.807) is 29.4 Å². The quantitative estimate of drug-likeness (QED) is 0.682. The van der Waals surface area contributed by atoms with Crippen LogP contribution in [0.25, 0.3) is 5.57 Å². The molecule has 4 rings (SSSR count). The zero-order chi connectivity index (χ0) is 23.8. The number of pyridine rings is 1. The zero-order valence-electron chi connectivity index (χ0n) is 17.2. The second-order valence-electron chi connectivity index (χ2n) is 7.88. The van der Waals surface area contributed by atoms with E-state index in [1.165, 1.54) is 18.3 Å². The minimum absolute atomic E-state index is 0.349. The highest BCUT2D eigenvalue weighted by Gasteiger charge is 2.58. The number of anilines is 1. The molecule has 3 heterocycles. The van der Waals surface area contributed by atoms with Gasteiger partial charge in [-0.25, -0.2) is 0 Å². The first kappa shape index (κ1) is 22.9. The molecule has 1 N–H and O–H groups in total. The number of hydrogen-bond acceptors (Lipinski definition) is 5. The summed E-state index contributed by atoms with van der Waals surface area (Å²) in [6.45, 7) is 0.894. The topological polar surface area (TPSA) is 63.4 Å². The van der Waals surface area contributed by atoms with Crippen molar-refractivity contribution in [3.63, 3.8) is 0 Å². The summed E-state index contributed by atoms with van der Waals surface area (Å²) >= 11 is 0. The Morgan fingerprint density at radius 3 is 2.42 bits per heavy atom. The zero-order valence-corrected chi connectivity index (χ0v) is 17.2. The fourth-order valence-electron chi connectivity index (χ4n) is 4.06. The van der Waals surface area contributed by atoms with Gasteiger partial charge in [-0.05, 0) is 36.3 Å². The monoisotopic (exact) mass is 462 g/mol. The minimum atomic E-state index is -5.69. The molecule has 1 fully saturated rings. The van der Waals surface area contributed by atoms with Crippen molar-refractivity contribution in [3.8, 4) is 6.07 Å². The molecule has 10 heteroatoms. The average Bonchev–Trinajstić information content (AvgIpc) is 3.24. The van der Waals surface area contributed by atoms with E-state index in [9.17, 15) is 32.3 Å². The lowest BCUT2D eigenvalue weighted by Crippen LogP contribution is -2.47. The molecule has 0 amide bonds. The first-order chi connectivity index (χ1) is 15.6. The Morgan fingerprint density at radius 1 is 1.09 bits per heavy atom. The maximum atomic E-state index is 13.7. The van der Waals surface area contributed by atoms with Crippen LogP contribution < -0.4 is 4.90 Å². The van der Waals surface area contributed by atoms with Crippen LogP contribution in [0, 0.1) is 11.3 Å². The maximum Gasteiger partial charge on any atom is 0.458 e. The number of aliphatic hydroxyl groups excluding tert-OH is 1. The summed E-state index contributed by atoms with van der Waals surface area (Å²) in [7, 11) is 0. The van der Waals surface area contributed by atoms with Gasteiger partial charge in [0.25, 0.3) is 0 Å². The van der Waals surface area contributed by atoms with Gasteiger partial charge in [-0.2, -0.15) is 27.2 Å². The third-order valence-electron chi connectivity index (χ3n) is 5.69. The van der Waals surface area contributed by atoms with E-state index in [2.05, 4.69) is 4.98 Å². The van der Waals surface area contributed by atoms with Crippen LogP contribution in [-0.4, -0.2) is 46.5 Å². The molecule has 1 saturated heterocycles. The van der Waals surface area contributed by atoms with Gasteiger partial charge in [0.2, 0.25) is 0 Å². The number of allylic oxidation sites excluding steroid dienone is 2. The van der Waals surface area contributed by atoms with E-state index in [4.69, 9.17) is 0 Å². The molecule has 33 heavy (non-hydrogen) atoms. The van der Waals surface area contributed by atoms with Gasteiger partial charge in [0.05, 0.1) is 11.7 Å². The lowest BCUT2D eigenvalue weighted by molar-refractivity contribution is -0.289. The molecule has 2 aromatic rings. The predicted octanol–water partition coefficient (Wildman–Crippen LogP) is 4.42. The van der Waals surface area contributed by atoms with Gasteiger partial charge < -0.3 is 10.0 Å². The molecule has 0 radical (unpaired) electrons. The molecule has 172 valence electrons. The normalized spacial score (nSPS) is 21.7. The Bertz CT molecular complexity index is 1120. The number of halogens is 5. The average molecular weight is 462 g/mol. The highest BCUT2D eigenvalue weighted by Crippen LogP contribution is 2.44. The first-order valence-electron chi connectivity index (χ1n) is 10.1. The first-order valence-corrected chi connectivity index (χ1v) is 10.1. The summed E-state index contributed by atoms with van der Waals surface area (Å²) < 4.78 is 65.7. The summed E-state index contributed by atoms with van der Waals surface area (Å²) in [6.07, 6.45) is 2.07.